The van der Waals surface area contributed by atoms with Crippen LogP contribution in [0.25, 0.3) is 0 Å². The van der Waals surface area contributed by atoms with E-state index in [1.807, 2.05) is 13.0 Å². The molecule has 6 nitrogen and oxygen atoms in total. The molecule has 6 heteroatoms. The SMILES string of the molecule is CCOc1cc(N2CCCN(CCO)CC2)ncn1. The average Bonchev–Trinajstić information content (AvgIpc) is 2.66. The van der Waals surface area contributed by atoms with E-state index in [4.69, 9.17) is 9.84 Å². The van der Waals surface area contributed by atoms with Gasteiger partial charge < -0.3 is 14.7 Å². The topological polar surface area (TPSA) is 61.7 Å². The highest BCUT2D eigenvalue weighted by Gasteiger charge is 2.16. The maximum absolute atomic E-state index is 9.00. The fourth-order valence-electron chi connectivity index (χ4n) is 2.29. The average molecular weight is 266 g/mol. The molecule has 0 bridgehead atoms. The van der Waals surface area contributed by atoms with E-state index in [1.54, 1.807) is 6.33 Å². The van der Waals surface area contributed by atoms with Crippen LogP contribution < -0.4 is 9.64 Å². The van der Waals surface area contributed by atoms with Crippen molar-refractivity contribution in [1.29, 1.82) is 0 Å². The molecule has 1 saturated heterocycles. The minimum atomic E-state index is 0.224. The third-order valence-electron chi connectivity index (χ3n) is 3.25. The number of hydrogen-bond acceptors (Lipinski definition) is 6. The molecular weight excluding hydrogens is 244 g/mol. The van der Waals surface area contributed by atoms with Crippen LogP contribution in [0.4, 0.5) is 5.82 Å². The summed E-state index contributed by atoms with van der Waals surface area (Å²) in [6.45, 7) is 7.41. The molecule has 0 amide bonds. The Bertz CT molecular complexity index is 389. The van der Waals surface area contributed by atoms with Crippen molar-refractivity contribution in [1.82, 2.24) is 14.9 Å². The van der Waals surface area contributed by atoms with E-state index in [2.05, 4.69) is 19.8 Å². The van der Waals surface area contributed by atoms with Crippen molar-refractivity contribution in [2.24, 2.45) is 0 Å². The first-order valence-electron chi connectivity index (χ1n) is 6.86. The fraction of sp³-hybridized carbons (Fsp3) is 0.692. The van der Waals surface area contributed by atoms with Gasteiger partial charge in [0, 0.05) is 32.2 Å². The first kappa shape index (κ1) is 14.0. The molecule has 19 heavy (non-hydrogen) atoms. The Labute approximate surface area is 114 Å². The van der Waals surface area contributed by atoms with Crippen LogP contribution in [0.3, 0.4) is 0 Å². The number of ether oxygens (including phenoxy) is 1. The lowest BCUT2D eigenvalue weighted by Gasteiger charge is -2.22. The van der Waals surface area contributed by atoms with Crippen LogP contribution >= 0.6 is 0 Å². The molecule has 2 rings (SSSR count). The van der Waals surface area contributed by atoms with Gasteiger partial charge in [0.2, 0.25) is 5.88 Å². The van der Waals surface area contributed by atoms with Gasteiger partial charge in [0.25, 0.3) is 0 Å². The van der Waals surface area contributed by atoms with Gasteiger partial charge in [-0.2, -0.15) is 0 Å². The van der Waals surface area contributed by atoms with E-state index >= 15 is 0 Å². The van der Waals surface area contributed by atoms with E-state index in [-0.39, 0.29) is 6.61 Å². The van der Waals surface area contributed by atoms with Crippen LogP contribution in [-0.2, 0) is 0 Å². The lowest BCUT2D eigenvalue weighted by molar-refractivity contribution is 0.204. The molecule has 1 aliphatic heterocycles. The zero-order chi connectivity index (χ0) is 13.5. The summed E-state index contributed by atoms with van der Waals surface area (Å²) in [5.74, 6) is 1.55. The van der Waals surface area contributed by atoms with E-state index in [9.17, 15) is 0 Å². The smallest absolute Gasteiger partial charge is 0.218 e. The summed E-state index contributed by atoms with van der Waals surface area (Å²) < 4.78 is 5.41. The zero-order valence-electron chi connectivity index (χ0n) is 11.5. The molecule has 106 valence electrons. The highest BCUT2D eigenvalue weighted by Crippen LogP contribution is 2.17. The van der Waals surface area contributed by atoms with Gasteiger partial charge in [-0.1, -0.05) is 0 Å². The van der Waals surface area contributed by atoms with Gasteiger partial charge in [-0.15, -0.1) is 0 Å². The minimum absolute atomic E-state index is 0.224. The van der Waals surface area contributed by atoms with Crippen LogP contribution in [0, 0.1) is 0 Å². The van der Waals surface area contributed by atoms with Crippen molar-refractivity contribution < 1.29 is 9.84 Å². The molecule has 1 aromatic rings. The van der Waals surface area contributed by atoms with E-state index in [1.165, 1.54) is 0 Å². The van der Waals surface area contributed by atoms with Gasteiger partial charge in [0.1, 0.15) is 12.1 Å². The molecule has 0 atom stereocenters. The van der Waals surface area contributed by atoms with Gasteiger partial charge in [-0.05, 0) is 19.9 Å². The Balaban J connectivity index is 1.99. The van der Waals surface area contributed by atoms with E-state index < -0.39 is 0 Å². The van der Waals surface area contributed by atoms with Crippen LogP contribution in [-0.4, -0.2) is 65.9 Å². The first-order chi connectivity index (χ1) is 9.33. The van der Waals surface area contributed by atoms with Crippen molar-refractivity contribution >= 4 is 5.82 Å². The van der Waals surface area contributed by atoms with E-state index in [0.717, 1.165) is 45.0 Å². The second kappa shape index (κ2) is 7.25. The molecule has 0 aromatic carbocycles. The highest BCUT2D eigenvalue weighted by atomic mass is 16.5. The number of β-amino-alcohol motifs (C(OH)–C–C–N with tert-alkyl or cyclic N) is 1. The van der Waals surface area contributed by atoms with Crippen LogP contribution in [0.15, 0.2) is 12.4 Å². The fourth-order valence-corrected chi connectivity index (χ4v) is 2.29. The van der Waals surface area contributed by atoms with Crippen molar-refractivity contribution in [3.05, 3.63) is 12.4 Å². The molecule has 0 radical (unpaired) electrons. The second-order valence-corrected chi connectivity index (χ2v) is 4.55. The molecule has 0 aliphatic carbocycles. The highest BCUT2D eigenvalue weighted by molar-refractivity contribution is 5.40. The largest absolute Gasteiger partial charge is 0.478 e. The van der Waals surface area contributed by atoms with Crippen LogP contribution in [0.2, 0.25) is 0 Å². The molecule has 0 saturated carbocycles. The quantitative estimate of drug-likeness (QED) is 0.831. The van der Waals surface area contributed by atoms with Crippen LogP contribution in [0.5, 0.6) is 5.88 Å². The van der Waals surface area contributed by atoms with Gasteiger partial charge in [-0.25, -0.2) is 9.97 Å². The zero-order valence-corrected chi connectivity index (χ0v) is 11.5. The maximum atomic E-state index is 9.00. The minimum Gasteiger partial charge on any atom is -0.478 e. The molecule has 2 heterocycles. The standard InChI is InChI=1S/C13H22N4O2/c1-2-19-13-10-12(14-11-15-13)17-5-3-4-16(6-7-17)8-9-18/h10-11,18H,2-9H2,1H3. The van der Waals surface area contributed by atoms with E-state index in [0.29, 0.717) is 12.5 Å². The molecule has 1 aromatic heterocycles. The number of aliphatic hydroxyl groups excluding tert-OH is 1. The lowest BCUT2D eigenvalue weighted by atomic mass is 10.3. The molecule has 1 fully saturated rings. The summed E-state index contributed by atoms with van der Waals surface area (Å²) in [4.78, 5) is 12.9. The Morgan fingerprint density at radius 3 is 2.95 bits per heavy atom. The van der Waals surface area contributed by atoms with Gasteiger partial charge in [-0.3, -0.25) is 4.90 Å². The van der Waals surface area contributed by atoms with Gasteiger partial charge >= 0.3 is 0 Å². The van der Waals surface area contributed by atoms with Gasteiger partial charge in [0.15, 0.2) is 0 Å². The molecule has 0 spiro atoms. The first-order valence-corrected chi connectivity index (χ1v) is 6.86. The second-order valence-electron chi connectivity index (χ2n) is 4.55. The van der Waals surface area contributed by atoms with Crippen molar-refractivity contribution in [3.8, 4) is 5.88 Å². The Morgan fingerprint density at radius 2 is 2.16 bits per heavy atom. The summed E-state index contributed by atoms with van der Waals surface area (Å²) >= 11 is 0. The lowest BCUT2D eigenvalue weighted by Crippen LogP contribution is -2.32. The predicted molar refractivity (Wildman–Crippen MR) is 73.6 cm³/mol. The Hall–Kier alpha value is -1.40. The predicted octanol–water partition coefficient (Wildman–Crippen LogP) is 0.380. The maximum Gasteiger partial charge on any atom is 0.218 e. The number of rotatable bonds is 5. The summed E-state index contributed by atoms with van der Waals surface area (Å²) in [5.41, 5.74) is 0. The van der Waals surface area contributed by atoms with Crippen molar-refractivity contribution in [3.63, 3.8) is 0 Å². The number of aliphatic hydroxyl groups is 1. The molecular formula is C13H22N4O2. The number of nitrogens with zero attached hydrogens (tertiary/aromatic N) is 4. The third-order valence-corrected chi connectivity index (χ3v) is 3.25. The Kier molecular flexibility index (Phi) is 5.35. The van der Waals surface area contributed by atoms with Crippen molar-refractivity contribution in [2.75, 3.05) is 50.8 Å². The molecule has 1 N–H and O–H groups in total. The third kappa shape index (κ3) is 4.04. The number of aromatic nitrogens is 2. The van der Waals surface area contributed by atoms with Gasteiger partial charge in [0.05, 0.1) is 13.2 Å². The molecule has 0 unspecified atom stereocenters. The Morgan fingerprint density at radius 1 is 1.26 bits per heavy atom. The summed E-state index contributed by atoms with van der Waals surface area (Å²) in [6, 6.07) is 1.89. The number of anilines is 1. The van der Waals surface area contributed by atoms with Crippen LogP contribution in [0.1, 0.15) is 13.3 Å². The summed E-state index contributed by atoms with van der Waals surface area (Å²) in [7, 11) is 0. The summed E-state index contributed by atoms with van der Waals surface area (Å²) in [5, 5.41) is 9.00. The summed E-state index contributed by atoms with van der Waals surface area (Å²) in [6.07, 6.45) is 2.63. The molecule has 1 aliphatic rings. The van der Waals surface area contributed by atoms with Crippen molar-refractivity contribution in [2.45, 2.75) is 13.3 Å². The number of hydrogen-bond donors (Lipinski definition) is 1. The monoisotopic (exact) mass is 266 g/mol. The normalized spacial score (nSPS) is 17.3.